The second-order valence-corrected chi connectivity index (χ2v) is 4.08. The summed E-state index contributed by atoms with van der Waals surface area (Å²) in [6.45, 7) is 4.52. The summed E-state index contributed by atoms with van der Waals surface area (Å²) in [4.78, 5) is 0. The van der Waals surface area contributed by atoms with E-state index in [0.29, 0.717) is 18.5 Å². The zero-order valence-electron chi connectivity index (χ0n) is 9.97. The Morgan fingerprint density at radius 2 is 2.24 bits per heavy atom. The van der Waals surface area contributed by atoms with Gasteiger partial charge in [-0.05, 0) is 19.4 Å². The highest BCUT2D eigenvalue weighted by Gasteiger charge is 2.09. The minimum Gasteiger partial charge on any atom is -0.406 e. The highest BCUT2D eigenvalue weighted by molar-refractivity contribution is 5.27. The number of nitrogens with two attached hydrogens (primary N) is 1. The second kappa shape index (κ2) is 4.97. The largest absolute Gasteiger partial charge is 0.406 e. The van der Waals surface area contributed by atoms with Gasteiger partial charge in [0.1, 0.15) is 0 Å². The van der Waals surface area contributed by atoms with Crippen molar-refractivity contribution in [2.24, 2.45) is 5.73 Å². The molecule has 0 saturated heterocycles. The predicted molar refractivity (Wildman–Crippen MR) is 65.4 cm³/mol. The van der Waals surface area contributed by atoms with Crippen LogP contribution < -0.4 is 11.1 Å². The van der Waals surface area contributed by atoms with Crippen molar-refractivity contribution in [1.82, 2.24) is 10.2 Å². The number of rotatable bonds is 4. The molecule has 0 aliphatic carbocycles. The van der Waals surface area contributed by atoms with Crippen LogP contribution in [0.1, 0.15) is 30.0 Å². The van der Waals surface area contributed by atoms with Gasteiger partial charge in [0.2, 0.25) is 5.89 Å². The summed E-state index contributed by atoms with van der Waals surface area (Å²) in [5, 5.41) is 10.8. The molecule has 3 N–H and O–H groups in total. The van der Waals surface area contributed by atoms with Gasteiger partial charge in [-0.1, -0.05) is 34.9 Å². The second-order valence-electron chi connectivity index (χ2n) is 4.08. The smallest absolute Gasteiger partial charge is 0.315 e. The van der Waals surface area contributed by atoms with Gasteiger partial charge >= 0.3 is 6.01 Å². The molecule has 0 radical (unpaired) electrons. The molecule has 0 aliphatic heterocycles. The molecule has 1 heterocycles. The molecule has 2 aromatic rings. The molecular weight excluding hydrogens is 216 g/mol. The molecule has 1 aromatic heterocycles. The van der Waals surface area contributed by atoms with Crippen molar-refractivity contribution in [1.29, 1.82) is 0 Å². The Morgan fingerprint density at radius 1 is 1.41 bits per heavy atom. The Balaban J connectivity index is 1.97. The maximum atomic E-state index is 5.63. The lowest BCUT2D eigenvalue weighted by Gasteiger charge is -2.02. The summed E-state index contributed by atoms with van der Waals surface area (Å²) in [6.07, 6.45) is 0. The van der Waals surface area contributed by atoms with E-state index in [1.807, 2.05) is 12.1 Å². The van der Waals surface area contributed by atoms with Crippen molar-refractivity contribution in [3.05, 3.63) is 41.3 Å². The van der Waals surface area contributed by atoms with Crippen LogP contribution in [-0.4, -0.2) is 10.2 Å². The fourth-order valence-electron chi connectivity index (χ4n) is 1.49. The summed E-state index contributed by atoms with van der Waals surface area (Å²) >= 11 is 0. The molecule has 1 atom stereocenters. The lowest BCUT2D eigenvalue weighted by Crippen LogP contribution is -2.04. The maximum Gasteiger partial charge on any atom is 0.315 e. The molecule has 1 unspecified atom stereocenters. The first-order valence-electron chi connectivity index (χ1n) is 5.53. The number of nitrogens with one attached hydrogen (secondary N) is 1. The molecule has 17 heavy (non-hydrogen) atoms. The average molecular weight is 232 g/mol. The fourth-order valence-corrected chi connectivity index (χ4v) is 1.49. The van der Waals surface area contributed by atoms with E-state index in [9.17, 15) is 0 Å². The van der Waals surface area contributed by atoms with Crippen LogP contribution in [0.2, 0.25) is 0 Å². The van der Waals surface area contributed by atoms with Gasteiger partial charge in [-0.25, -0.2) is 0 Å². The van der Waals surface area contributed by atoms with Crippen LogP contribution >= 0.6 is 0 Å². The quantitative estimate of drug-likeness (QED) is 0.843. The Kier molecular flexibility index (Phi) is 3.39. The SMILES string of the molecule is Cc1cccc(CNc2nnc(C(C)N)o2)c1. The first kappa shape index (κ1) is 11.6. The molecule has 2 rings (SSSR count). The Labute approximate surface area is 100 Å². The Hall–Kier alpha value is -1.88. The van der Waals surface area contributed by atoms with E-state index in [0.717, 1.165) is 0 Å². The average Bonchev–Trinajstić information content (AvgIpc) is 2.75. The van der Waals surface area contributed by atoms with Gasteiger partial charge < -0.3 is 15.5 Å². The van der Waals surface area contributed by atoms with Crippen LogP contribution in [0.5, 0.6) is 0 Å². The standard InChI is InChI=1S/C12H16N4O/c1-8-4-3-5-10(6-8)7-14-12-16-15-11(17-12)9(2)13/h3-6,9H,7,13H2,1-2H3,(H,14,16). The van der Waals surface area contributed by atoms with E-state index in [2.05, 4.69) is 34.6 Å². The van der Waals surface area contributed by atoms with Gasteiger partial charge in [0, 0.05) is 6.54 Å². The molecule has 0 saturated carbocycles. The number of nitrogens with zero attached hydrogens (tertiary/aromatic N) is 2. The van der Waals surface area contributed by atoms with E-state index in [4.69, 9.17) is 10.2 Å². The predicted octanol–water partition coefficient (Wildman–Crippen LogP) is 2.01. The monoisotopic (exact) mass is 232 g/mol. The molecule has 5 heteroatoms. The van der Waals surface area contributed by atoms with Crippen molar-refractivity contribution in [2.75, 3.05) is 5.32 Å². The molecule has 1 aromatic carbocycles. The van der Waals surface area contributed by atoms with Crippen molar-refractivity contribution < 1.29 is 4.42 Å². The molecular formula is C12H16N4O. The normalized spacial score (nSPS) is 12.4. The van der Waals surface area contributed by atoms with Gasteiger partial charge in [0.05, 0.1) is 6.04 Å². The third-order valence-electron chi connectivity index (χ3n) is 2.36. The van der Waals surface area contributed by atoms with Crippen LogP contribution in [0.4, 0.5) is 6.01 Å². The van der Waals surface area contributed by atoms with Crippen LogP contribution in [0.15, 0.2) is 28.7 Å². The van der Waals surface area contributed by atoms with E-state index < -0.39 is 0 Å². The molecule has 0 aliphatic rings. The highest BCUT2D eigenvalue weighted by atomic mass is 16.4. The van der Waals surface area contributed by atoms with E-state index >= 15 is 0 Å². The van der Waals surface area contributed by atoms with Gasteiger partial charge in [0.15, 0.2) is 0 Å². The molecule has 5 nitrogen and oxygen atoms in total. The van der Waals surface area contributed by atoms with Crippen LogP contribution in [0, 0.1) is 6.92 Å². The molecule has 0 amide bonds. The molecule has 0 spiro atoms. The first-order valence-corrected chi connectivity index (χ1v) is 5.53. The first-order chi connectivity index (χ1) is 8.15. The third kappa shape index (κ3) is 3.04. The minimum absolute atomic E-state index is 0.239. The third-order valence-corrected chi connectivity index (χ3v) is 2.36. The van der Waals surface area contributed by atoms with Gasteiger partial charge in [0.25, 0.3) is 0 Å². The topological polar surface area (TPSA) is 77.0 Å². The minimum atomic E-state index is -0.239. The van der Waals surface area contributed by atoms with Crippen LogP contribution in [0.25, 0.3) is 0 Å². The molecule has 90 valence electrons. The number of aryl methyl sites for hydroxylation is 1. The summed E-state index contributed by atoms with van der Waals surface area (Å²) in [5.41, 5.74) is 8.03. The molecule has 0 fully saturated rings. The number of aromatic nitrogens is 2. The lowest BCUT2D eigenvalue weighted by atomic mass is 10.1. The highest BCUT2D eigenvalue weighted by Crippen LogP contribution is 2.12. The zero-order valence-corrected chi connectivity index (χ0v) is 9.97. The van der Waals surface area contributed by atoms with Gasteiger partial charge in [-0.2, -0.15) is 0 Å². The van der Waals surface area contributed by atoms with Gasteiger partial charge in [-0.15, -0.1) is 5.10 Å². The van der Waals surface area contributed by atoms with E-state index in [1.165, 1.54) is 11.1 Å². The van der Waals surface area contributed by atoms with Crippen LogP contribution in [-0.2, 0) is 6.54 Å². The summed E-state index contributed by atoms with van der Waals surface area (Å²) in [5.74, 6) is 0.441. The van der Waals surface area contributed by atoms with Crippen molar-refractivity contribution in [3.8, 4) is 0 Å². The zero-order chi connectivity index (χ0) is 12.3. The van der Waals surface area contributed by atoms with Gasteiger partial charge in [-0.3, -0.25) is 0 Å². The number of benzene rings is 1. The lowest BCUT2D eigenvalue weighted by molar-refractivity contribution is 0.472. The maximum absolute atomic E-state index is 5.63. The summed E-state index contributed by atoms with van der Waals surface area (Å²) in [6, 6.07) is 8.40. The number of hydrogen-bond donors (Lipinski definition) is 2. The van der Waals surface area contributed by atoms with Crippen molar-refractivity contribution in [2.45, 2.75) is 26.4 Å². The summed E-state index contributed by atoms with van der Waals surface area (Å²) in [7, 11) is 0. The Morgan fingerprint density at radius 3 is 2.88 bits per heavy atom. The summed E-state index contributed by atoms with van der Waals surface area (Å²) < 4.78 is 5.34. The van der Waals surface area contributed by atoms with E-state index in [1.54, 1.807) is 6.92 Å². The fraction of sp³-hybridized carbons (Fsp3) is 0.333. The van der Waals surface area contributed by atoms with Crippen molar-refractivity contribution in [3.63, 3.8) is 0 Å². The number of anilines is 1. The van der Waals surface area contributed by atoms with Crippen molar-refractivity contribution >= 4 is 6.01 Å². The van der Waals surface area contributed by atoms with Crippen LogP contribution in [0.3, 0.4) is 0 Å². The Bertz CT molecular complexity index is 493. The molecule has 0 bridgehead atoms. The number of hydrogen-bond acceptors (Lipinski definition) is 5. The van der Waals surface area contributed by atoms with E-state index in [-0.39, 0.29) is 6.04 Å².